The average Bonchev–Trinajstić information content (AvgIpc) is 3.87. The van der Waals surface area contributed by atoms with Crippen LogP contribution >= 0.6 is 0 Å². The van der Waals surface area contributed by atoms with E-state index in [1.165, 1.54) is 21.5 Å². The highest BCUT2D eigenvalue weighted by Crippen LogP contribution is 2.41. The Morgan fingerprint density at radius 3 is 1.58 bits per heavy atom. The molecule has 0 saturated carbocycles. The fraction of sp³-hybridized carbons (Fsp3) is 0. The molecule has 0 unspecified atom stereocenters. The SMILES string of the molecule is c1ccc2cc3c(cc2c1)c1ccccc1n3-c1ccc(-c2nc(-c3cccc4ccccc34)nc(-c3cccc4ccccc34)n2)cc1-c1ccc2c(c1)oc1ccccc12. The third-order valence-electron chi connectivity index (χ3n) is 12.4. The van der Waals surface area contributed by atoms with Crippen LogP contribution in [-0.4, -0.2) is 19.5 Å². The molecule has 0 radical (unpaired) electrons. The maximum atomic E-state index is 6.51. The van der Waals surface area contributed by atoms with Gasteiger partial charge in [-0.3, -0.25) is 0 Å². The van der Waals surface area contributed by atoms with Gasteiger partial charge in [0.1, 0.15) is 11.2 Å². The summed E-state index contributed by atoms with van der Waals surface area (Å²) in [6.45, 7) is 0. The number of benzene rings is 10. The highest BCUT2D eigenvalue weighted by atomic mass is 16.3. The molecule has 13 rings (SSSR count). The van der Waals surface area contributed by atoms with Crippen molar-refractivity contribution in [3.8, 4) is 51.0 Å². The Bertz CT molecular complexity index is 3840. The molecule has 0 spiro atoms. The molecule has 288 valence electrons. The summed E-state index contributed by atoms with van der Waals surface area (Å²) >= 11 is 0. The fourth-order valence-corrected chi connectivity index (χ4v) is 9.50. The zero-order chi connectivity index (χ0) is 40.7. The van der Waals surface area contributed by atoms with Crippen LogP contribution in [0.3, 0.4) is 0 Å². The zero-order valence-corrected chi connectivity index (χ0v) is 33.3. The lowest BCUT2D eigenvalue weighted by Gasteiger charge is -2.17. The topological polar surface area (TPSA) is 56.7 Å². The molecule has 0 aliphatic heterocycles. The molecule has 0 amide bonds. The summed E-state index contributed by atoms with van der Waals surface area (Å²) in [4.78, 5) is 15.9. The lowest BCUT2D eigenvalue weighted by Crippen LogP contribution is -2.02. The molecule has 0 aliphatic carbocycles. The number of aromatic nitrogens is 4. The molecule has 0 N–H and O–H groups in total. The van der Waals surface area contributed by atoms with Crippen LogP contribution in [0.15, 0.2) is 211 Å². The number of furan rings is 1. The van der Waals surface area contributed by atoms with Crippen LogP contribution in [0.4, 0.5) is 0 Å². The van der Waals surface area contributed by atoms with Crippen molar-refractivity contribution in [2.75, 3.05) is 0 Å². The number of hydrogen-bond acceptors (Lipinski definition) is 4. The summed E-state index contributed by atoms with van der Waals surface area (Å²) in [6, 6.07) is 72.9. The molecule has 0 saturated heterocycles. The van der Waals surface area contributed by atoms with Crippen molar-refractivity contribution in [1.82, 2.24) is 19.5 Å². The largest absolute Gasteiger partial charge is 0.456 e. The van der Waals surface area contributed by atoms with Gasteiger partial charge in [0.25, 0.3) is 0 Å². The van der Waals surface area contributed by atoms with Gasteiger partial charge in [-0.25, -0.2) is 15.0 Å². The third-order valence-corrected chi connectivity index (χ3v) is 12.4. The maximum Gasteiger partial charge on any atom is 0.164 e. The summed E-state index contributed by atoms with van der Waals surface area (Å²) in [5.41, 5.74) is 9.87. The van der Waals surface area contributed by atoms with Gasteiger partial charge < -0.3 is 8.98 Å². The zero-order valence-electron chi connectivity index (χ0n) is 33.3. The molecule has 0 fully saturated rings. The molecule has 62 heavy (non-hydrogen) atoms. The van der Waals surface area contributed by atoms with Crippen molar-refractivity contribution in [1.29, 1.82) is 0 Å². The van der Waals surface area contributed by atoms with Crippen molar-refractivity contribution in [3.63, 3.8) is 0 Å². The van der Waals surface area contributed by atoms with Crippen LogP contribution in [0.2, 0.25) is 0 Å². The Morgan fingerprint density at radius 1 is 0.306 bits per heavy atom. The van der Waals surface area contributed by atoms with E-state index in [2.05, 4.69) is 199 Å². The molecule has 13 aromatic rings. The molecule has 0 aliphatic rings. The molecule has 10 aromatic carbocycles. The van der Waals surface area contributed by atoms with E-state index in [0.717, 1.165) is 88.0 Å². The number of hydrogen-bond donors (Lipinski definition) is 0. The quantitative estimate of drug-likeness (QED) is 0.174. The average molecular weight is 791 g/mol. The maximum absolute atomic E-state index is 6.51. The smallest absolute Gasteiger partial charge is 0.164 e. The number of nitrogens with zero attached hydrogens (tertiary/aromatic N) is 4. The first-order chi connectivity index (χ1) is 30.7. The molecule has 0 atom stereocenters. The van der Waals surface area contributed by atoms with Crippen LogP contribution in [0.1, 0.15) is 0 Å². The normalized spacial score (nSPS) is 11.9. The van der Waals surface area contributed by atoms with E-state index in [0.29, 0.717) is 17.5 Å². The lowest BCUT2D eigenvalue weighted by molar-refractivity contribution is 0.669. The molecule has 0 bridgehead atoms. The van der Waals surface area contributed by atoms with Crippen molar-refractivity contribution in [2.45, 2.75) is 0 Å². The van der Waals surface area contributed by atoms with Crippen LogP contribution in [0.5, 0.6) is 0 Å². The molecule has 3 heterocycles. The highest BCUT2D eigenvalue weighted by molar-refractivity contribution is 6.14. The van der Waals surface area contributed by atoms with E-state index in [1.807, 2.05) is 12.1 Å². The van der Waals surface area contributed by atoms with Crippen LogP contribution in [0, 0.1) is 0 Å². The summed E-state index contributed by atoms with van der Waals surface area (Å²) in [5, 5.41) is 11.4. The van der Waals surface area contributed by atoms with Crippen LogP contribution in [-0.2, 0) is 0 Å². The predicted molar refractivity (Wildman–Crippen MR) is 256 cm³/mol. The van der Waals surface area contributed by atoms with Crippen molar-refractivity contribution >= 4 is 76.1 Å². The second kappa shape index (κ2) is 13.6. The summed E-state index contributed by atoms with van der Waals surface area (Å²) in [5.74, 6) is 1.84. The van der Waals surface area contributed by atoms with E-state index in [1.54, 1.807) is 0 Å². The van der Waals surface area contributed by atoms with Crippen LogP contribution < -0.4 is 0 Å². The van der Waals surface area contributed by atoms with E-state index in [4.69, 9.17) is 19.4 Å². The Morgan fingerprint density at radius 2 is 0.855 bits per heavy atom. The minimum atomic E-state index is 0.594. The Labute approximate surface area is 355 Å². The fourth-order valence-electron chi connectivity index (χ4n) is 9.50. The van der Waals surface area contributed by atoms with E-state index in [9.17, 15) is 0 Å². The predicted octanol–water partition coefficient (Wildman–Crippen LogP) is 15.0. The Balaban J connectivity index is 1.10. The van der Waals surface area contributed by atoms with Gasteiger partial charge in [-0.05, 0) is 92.5 Å². The van der Waals surface area contributed by atoms with Gasteiger partial charge in [0.05, 0.1) is 16.7 Å². The molecule has 3 aromatic heterocycles. The van der Waals surface area contributed by atoms with E-state index < -0.39 is 0 Å². The number of rotatable bonds is 5. The molecule has 5 heteroatoms. The molecule has 5 nitrogen and oxygen atoms in total. The standard InChI is InChI=1S/C57H34N4O/c1-2-16-38-33-52-49(31-37(38)15-1)43-21-7-9-25-50(43)61(52)51-30-28-40(32-48(51)39-27-29-45-44-22-8-10-26-53(44)62-54(45)34-39)55-58-56(46-23-11-17-35-13-3-5-19-41(35)46)60-57(59-55)47-24-12-18-36-14-4-6-20-42(36)47/h1-34H. The first kappa shape index (κ1) is 34.5. The van der Waals surface area contributed by atoms with Gasteiger partial charge in [0, 0.05) is 43.8 Å². The highest BCUT2D eigenvalue weighted by Gasteiger charge is 2.21. The third kappa shape index (κ3) is 5.38. The van der Waals surface area contributed by atoms with Gasteiger partial charge in [-0.2, -0.15) is 0 Å². The van der Waals surface area contributed by atoms with Gasteiger partial charge >= 0.3 is 0 Å². The summed E-state index contributed by atoms with van der Waals surface area (Å²) in [6.07, 6.45) is 0. The first-order valence-corrected chi connectivity index (χ1v) is 20.9. The van der Waals surface area contributed by atoms with Gasteiger partial charge in [-0.15, -0.1) is 0 Å². The molecular formula is C57H34N4O. The van der Waals surface area contributed by atoms with Crippen molar-refractivity contribution in [2.24, 2.45) is 0 Å². The van der Waals surface area contributed by atoms with Gasteiger partial charge in [-0.1, -0.05) is 152 Å². The van der Waals surface area contributed by atoms with E-state index in [-0.39, 0.29) is 0 Å². The summed E-state index contributed by atoms with van der Waals surface area (Å²) in [7, 11) is 0. The van der Waals surface area contributed by atoms with Crippen molar-refractivity contribution < 1.29 is 4.42 Å². The van der Waals surface area contributed by atoms with E-state index >= 15 is 0 Å². The monoisotopic (exact) mass is 790 g/mol. The Kier molecular flexibility index (Phi) is 7.54. The number of para-hydroxylation sites is 2. The minimum absolute atomic E-state index is 0.594. The van der Waals surface area contributed by atoms with Crippen LogP contribution in [0.25, 0.3) is 127 Å². The second-order valence-corrected chi connectivity index (χ2v) is 16.0. The lowest BCUT2D eigenvalue weighted by atomic mass is 9.98. The number of fused-ring (bicyclic) bond motifs is 9. The van der Waals surface area contributed by atoms with Gasteiger partial charge in [0.15, 0.2) is 17.5 Å². The van der Waals surface area contributed by atoms with Gasteiger partial charge in [0.2, 0.25) is 0 Å². The minimum Gasteiger partial charge on any atom is -0.456 e. The Hall–Kier alpha value is -8.41. The molecular weight excluding hydrogens is 757 g/mol. The van der Waals surface area contributed by atoms with Crippen molar-refractivity contribution in [3.05, 3.63) is 206 Å². The first-order valence-electron chi connectivity index (χ1n) is 20.9. The summed E-state index contributed by atoms with van der Waals surface area (Å²) < 4.78 is 8.92. The second-order valence-electron chi connectivity index (χ2n) is 16.0.